The van der Waals surface area contributed by atoms with Gasteiger partial charge in [0.25, 0.3) is 5.91 Å². The first-order chi connectivity index (χ1) is 14.6. The van der Waals surface area contributed by atoms with Crippen LogP contribution in [-0.4, -0.2) is 56.7 Å². The van der Waals surface area contributed by atoms with E-state index in [-0.39, 0.29) is 11.8 Å². The van der Waals surface area contributed by atoms with Crippen molar-refractivity contribution in [1.29, 1.82) is 0 Å². The van der Waals surface area contributed by atoms with Crippen LogP contribution in [0.1, 0.15) is 22.3 Å². The predicted octanol–water partition coefficient (Wildman–Crippen LogP) is 3.05. The smallest absolute Gasteiger partial charge is 0.251 e. The molecule has 7 heteroatoms. The van der Waals surface area contributed by atoms with E-state index in [0.717, 1.165) is 57.4 Å². The molecule has 1 unspecified atom stereocenters. The number of nitrogens with zero attached hydrogens (tertiary/aromatic N) is 2. The first kappa shape index (κ1) is 20.8. The second-order valence-corrected chi connectivity index (χ2v) is 8.00. The highest BCUT2D eigenvalue weighted by atomic mass is 19.2. The van der Waals surface area contributed by atoms with E-state index in [4.69, 9.17) is 4.74 Å². The lowest BCUT2D eigenvalue weighted by Gasteiger charge is -2.26. The summed E-state index contributed by atoms with van der Waals surface area (Å²) in [7, 11) is 0. The summed E-state index contributed by atoms with van der Waals surface area (Å²) in [6.07, 6.45) is 0.899. The molecule has 0 radical (unpaired) electrons. The van der Waals surface area contributed by atoms with Gasteiger partial charge in [-0.25, -0.2) is 8.78 Å². The zero-order valence-electron chi connectivity index (χ0n) is 16.9. The minimum atomic E-state index is -0.836. The Bertz CT molecular complexity index is 887. The quantitative estimate of drug-likeness (QED) is 0.788. The summed E-state index contributed by atoms with van der Waals surface area (Å²) in [5.74, 6) is -1.47. The number of nitrogens with one attached hydrogen (secondary N) is 1. The van der Waals surface area contributed by atoms with Crippen LogP contribution in [0.3, 0.4) is 0 Å². The summed E-state index contributed by atoms with van der Waals surface area (Å²) in [6, 6.07) is 11.7. The monoisotopic (exact) mass is 415 g/mol. The Morgan fingerprint density at radius 1 is 1.07 bits per heavy atom. The lowest BCUT2D eigenvalue weighted by Crippen LogP contribution is -2.35. The number of ether oxygens (including phenoxy) is 1. The maximum Gasteiger partial charge on any atom is 0.251 e. The molecule has 160 valence electrons. The number of carbonyl (C=O) groups excluding carboxylic acids is 1. The van der Waals surface area contributed by atoms with Gasteiger partial charge in [-0.05, 0) is 42.2 Å². The van der Waals surface area contributed by atoms with Gasteiger partial charge in [-0.2, -0.15) is 0 Å². The van der Waals surface area contributed by atoms with E-state index in [2.05, 4.69) is 10.2 Å². The number of hydrogen-bond donors (Lipinski definition) is 1. The molecular formula is C23H27F2N3O2. The molecular weight excluding hydrogens is 388 g/mol. The van der Waals surface area contributed by atoms with E-state index in [1.54, 1.807) is 6.07 Å². The summed E-state index contributed by atoms with van der Waals surface area (Å²) in [4.78, 5) is 17.0. The molecule has 0 saturated carbocycles. The summed E-state index contributed by atoms with van der Waals surface area (Å²) in [5.41, 5.74) is 2.46. The van der Waals surface area contributed by atoms with Crippen LogP contribution in [-0.2, 0) is 11.3 Å². The number of anilines is 1. The average Bonchev–Trinajstić information content (AvgIpc) is 3.24. The standard InChI is InChI=1S/C23H27F2N3O2/c24-21-5-4-20(13-22(21)25)28-7-6-18(16-28)14-26-23(29)19-3-1-2-17(12-19)15-27-8-10-30-11-9-27/h1-5,12-13,18H,6-11,14-16H2,(H,26,29). The molecule has 1 atom stereocenters. The number of halogens is 2. The van der Waals surface area contributed by atoms with Gasteiger partial charge in [0.15, 0.2) is 11.6 Å². The van der Waals surface area contributed by atoms with Crippen LogP contribution in [0.2, 0.25) is 0 Å². The molecule has 2 aromatic rings. The van der Waals surface area contributed by atoms with Crippen LogP contribution >= 0.6 is 0 Å². The van der Waals surface area contributed by atoms with E-state index >= 15 is 0 Å². The third-order valence-corrected chi connectivity index (χ3v) is 5.80. The summed E-state index contributed by atoms with van der Waals surface area (Å²) >= 11 is 0. The normalized spacial score (nSPS) is 19.8. The molecule has 2 fully saturated rings. The predicted molar refractivity (Wildman–Crippen MR) is 112 cm³/mol. The molecule has 30 heavy (non-hydrogen) atoms. The van der Waals surface area contributed by atoms with Gasteiger partial charge in [0.05, 0.1) is 13.2 Å². The highest BCUT2D eigenvalue weighted by molar-refractivity contribution is 5.94. The van der Waals surface area contributed by atoms with Crippen LogP contribution in [0.25, 0.3) is 0 Å². The second kappa shape index (κ2) is 9.53. The van der Waals surface area contributed by atoms with E-state index in [9.17, 15) is 13.6 Å². The minimum Gasteiger partial charge on any atom is -0.379 e. The molecule has 0 aromatic heterocycles. The van der Waals surface area contributed by atoms with Gasteiger partial charge in [-0.3, -0.25) is 9.69 Å². The molecule has 2 saturated heterocycles. The van der Waals surface area contributed by atoms with Crippen molar-refractivity contribution in [3.63, 3.8) is 0 Å². The third kappa shape index (κ3) is 5.15. The van der Waals surface area contributed by atoms with Crippen LogP contribution in [0.4, 0.5) is 14.5 Å². The van der Waals surface area contributed by atoms with Crippen LogP contribution in [0.5, 0.6) is 0 Å². The Morgan fingerprint density at radius 2 is 1.90 bits per heavy atom. The van der Waals surface area contributed by atoms with Crippen LogP contribution in [0, 0.1) is 17.6 Å². The first-order valence-corrected chi connectivity index (χ1v) is 10.5. The van der Waals surface area contributed by atoms with Gasteiger partial charge in [-0.1, -0.05) is 12.1 Å². The Labute approximate surface area is 175 Å². The zero-order chi connectivity index (χ0) is 20.9. The highest BCUT2D eigenvalue weighted by Crippen LogP contribution is 2.25. The van der Waals surface area contributed by atoms with Gasteiger partial charge in [0, 0.05) is 56.6 Å². The SMILES string of the molecule is O=C(NCC1CCN(c2ccc(F)c(F)c2)C1)c1cccc(CN2CCOCC2)c1. The summed E-state index contributed by atoms with van der Waals surface area (Å²) in [6.45, 7) is 6.18. The molecule has 5 nitrogen and oxygen atoms in total. The maximum absolute atomic E-state index is 13.5. The third-order valence-electron chi connectivity index (χ3n) is 5.80. The molecule has 2 aliphatic heterocycles. The van der Waals surface area contributed by atoms with E-state index in [1.165, 1.54) is 6.07 Å². The van der Waals surface area contributed by atoms with Crippen molar-refractivity contribution >= 4 is 11.6 Å². The molecule has 2 heterocycles. The van der Waals surface area contributed by atoms with E-state index in [0.29, 0.717) is 24.3 Å². The lowest BCUT2D eigenvalue weighted by atomic mass is 10.1. The average molecular weight is 415 g/mol. The Balaban J connectivity index is 1.28. The van der Waals surface area contributed by atoms with Crippen molar-refractivity contribution < 1.29 is 18.3 Å². The van der Waals surface area contributed by atoms with Crippen molar-refractivity contribution in [2.75, 3.05) is 50.8 Å². The number of amides is 1. The number of carbonyl (C=O) groups is 1. The molecule has 0 bridgehead atoms. The van der Waals surface area contributed by atoms with Crippen LogP contribution < -0.4 is 10.2 Å². The summed E-state index contributed by atoms with van der Waals surface area (Å²) in [5, 5.41) is 3.03. The van der Waals surface area contributed by atoms with Crippen LogP contribution in [0.15, 0.2) is 42.5 Å². The highest BCUT2D eigenvalue weighted by Gasteiger charge is 2.24. The van der Waals surface area contributed by atoms with Crippen molar-refractivity contribution in [3.05, 3.63) is 65.2 Å². The Kier molecular flexibility index (Phi) is 6.59. The molecule has 1 N–H and O–H groups in total. The Morgan fingerprint density at radius 3 is 2.70 bits per heavy atom. The maximum atomic E-state index is 13.5. The number of benzene rings is 2. The molecule has 2 aromatic carbocycles. The topological polar surface area (TPSA) is 44.8 Å². The van der Waals surface area contributed by atoms with Gasteiger partial charge in [0.1, 0.15) is 0 Å². The van der Waals surface area contributed by atoms with Crippen molar-refractivity contribution in [2.24, 2.45) is 5.92 Å². The fraction of sp³-hybridized carbons (Fsp3) is 0.435. The molecule has 0 aliphatic carbocycles. The number of hydrogen-bond acceptors (Lipinski definition) is 4. The fourth-order valence-electron chi connectivity index (χ4n) is 4.08. The number of morpholine rings is 1. The summed E-state index contributed by atoms with van der Waals surface area (Å²) < 4.78 is 32.0. The Hall–Kier alpha value is -2.51. The van der Waals surface area contributed by atoms with Gasteiger partial charge in [-0.15, -0.1) is 0 Å². The van der Waals surface area contributed by atoms with E-state index in [1.807, 2.05) is 29.2 Å². The molecule has 0 spiro atoms. The van der Waals surface area contributed by atoms with Crippen molar-refractivity contribution in [2.45, 2.75) is 13.0 Å². The van der Waals surface area contributed by atoms with Gasteiger partial charge < -0.3 is 15.0 Å². The second-order valence-electron chi connectivity index (χ2n) is 8.00. The van der Waals surface area contributed by atoms with Crippen molar-refractivity contribution in [1.82, 2.24) is 10.2 Å². The lowest BCUT2D eigenvalue weighted by molar-refractivity contribution is 0.0342. The first-order valence-electron chi connectivity index (χ1n) is 10.5. The van der Waals surface area contributed by atoms with E-state index < -0.39 is 11.6 Å². The largest absolute Gasteiger partial charge is 0.379 e. The van der Waals surface area contributed by atoms with Gasteiger partial charge >= 0.3 is 0 Å². The van der Waals surface area contributed by atoms with Crippen molar-refractivity contribution in [3.8, 4) is 0 Å². The minimum absolute atomic E-state index is 0.0786. The fourth-order valence-corrected chi connectivity index (χ4v) is 4.08. The molecule has 1 amide bonds. The molecule has 4 rings (SSSR count). The zero-order valence-corrected chi connectivity index (χ0v) is 16.9. The van der Waals surface area contributed by atoms with Gasteiger partial charge in [0.2, 0.25) is 0 Å². The molecule has 2 aliphatic rings. The number of rotatable bonds is 6.